The molecular formula is C23H30O8. The molecule has 2 rings (SSSR count). The van der Waals surface area contributed by atoms with E-state index in [4.69, 9.17) is 29.2 Å². The van der Waals surface area contributed by atoms with Crippen LogP contribution in [0.15, 0.2) is 42.5 Å². The monoisotopic (exact) mass is 434 g/mol. The van der Waals surface area contributed by atoms with Crippen molar-refractivity contribution < 1.29 is 39.4 Å². The zero-order chi connectivity index (χ0) is 22.6. The van der Waals surface area contributed by atoms with Gasteiger partial charge in [-0.05, 0) is 41.8 Å². The molecule has 0 saturated carbocycles. The molecule has 4 N–H and O–H groups in total. The van der Waals surface area contributed by atoms with Crippen LogP contribution >= 0.6 is 0 Å². The zero-order valence-corrected chi connectivity index (χ0v) is 17.7. The van der Waals surface area contributed by atoms with Gasteiger partial charge in [0.2, 0.25) is 0 Å². The largest absolute Gasteiger partial charge is 0.493 e. The van der Waals surface area contributed by atoms with Gasteiger partial charge in [0, 0.05) is 0 Å². The summed E-state index contributed by atoms with van der Waals surface area (Å²) in [6.45, 7) is -0.783. The predicted octanol–water partition coefficient (Wildman–Crippen LogP) is 1.42. The Balaban J connectivity index is 2.01. The topological polar surface area (TPSA) is 118 Å². The fourth-order valence-electron chi connectivity index (χ4n) is 2.67. The van der Waals surface area contributed by atoms with Gasteiger partial charge in [-0.2, -0.15) is 0 Å². The van der Waals surface area contributed by atoms with Crippen molar-refractivity contribution in [3.8, 4) is 23.0 Å². The number of methoxy groups -OCH3 is 2. The van der Waals surface area contributed by atoms with Crippen LogP contribution in [-0.4, -0.2) is 73.3 Å². The molecule has 8 heteroatoms. The fraction of sp³-hybridized carbons (Fsp3) is 0.391. The first kappa shape index (κ1) is 24.5. The molecular weight excluding hydrogens is 404 g/mol. The summed E-state index contributed by atoms with van der Waals surface area (Å²) >= 11 is 0. The molecule has 8 nitrogen and oxygen atoms in total. The van der Waals surface area contributed by atoms with Gasteiger partial charge >= 0.3 is 0 Å². The zero-order valence-electron chi connectivity index (χ0n) is 17.7. The van der Waals surface area contributed by atoms with E-state index in [-0.39, 0.29) is 26.4 Å². The van der Waals surface area contributed by atoms with Crippen molar-refractivity contribution in [1.29, 1.82) is 0 Å². The number of benzene rings is 2. The van der Waals surface area contributed by atoms with Crippen molar-refractivity contribution in [1.82, 2.24) is 0 Å². The second kappa shape index (κ2) is 12.8. The van der Waals surface area contributed by atoms with Gasteiger partial charge in [-0.15, -0.1) is 0 Å². The molecule has 0 amide bonds. The highest BCUT2D eigenvalue weighted by Crippen LogP contribution is 2.30. The van der Waals surface area contributed by atoms with Gasteiger partial charge in [-0.3, -0.25) is 0 Å². The fourth-order valence-corrected chi connectivity index (χ4v) is 2.67. The maximum Gasteiger partial charge on any atom is 0.161 e. The van der Waals surface area contributed by atoms with E-state index in [1.807, 2.05) is 36.4 Å². The number of hydrogen-bond donors (Lipinski definition) is 4. The van der Waals surface area contributed by atoms with Crippen molar-refractivity contribution in [2.75, 3.05) is 40.6 Å². The number of hydrogen-bond acceptors (Lipinski definition) is 8. The normalized spacial score (nSPS) is 13.1. The summed E-state index contributed by atoms with van der Waals surface area (Å²) in [5.41, 5.74) is 1.92. The van der Waals surface area contributed by atoms with E-state index < -0.39 is 12.2 Å². The van der Waals surface area contributed by atoms with Crippen molar-refractivity contribution >= 4 is 6.08 Å². The maximum atomic E-state index is 9.42. The minimum absolute atomic E-state index is 0.0212. The molecule has 2 unspecified atom stereocenters. The van der Waals surface area contributed by atoms with E-state index in [9.17, 15) is 10.2 Å². The Labute approximate surface area is 181 Å². The molecule has 2 atom stereocenters. The van der Waals surface area contributed by atoms with Crippen LogP contribution in [0.4, 0.5) is 0 Å². The number of ether oxygens (including phenoxy) is 4. The highest BCUT2D eigenvalue weighted by atomic mass is 16.5. The molecule has 0 radical (unpaired) electrons. The number of aliphatic hydroxyl groups is 4. The number of aliphatic hydroxyl groups excluding tert-OH is 4. The second-order valence-electron chi connectivity index (χ2n) is 6.80. The first-order chi connectivity index (χ1) is 15.0. The summed E-state index contributed by atoms with van der Waals surface area (Å²) in [5.74, 6) is 2.05. The lowest BCUT2D eigenvalue weighted by Crippen LogP contribution is -2.21. The summed E-state index contributed by atoms with van der Waals surface area (Å²) in [4.78, 5) is 0. The van der Waals surface area contributed by atoms with Crippen LogP contribution < -0.4 is 18.9 Å². The number of allylic oxidation sites excluding steroid dienone is 1. The van der Waals surface area contributed by atoms with Gasteiger partial charge in [-0.25, -0.2) is 0 Å². The van der Waals surface area contributed by atoms with Crippen molar-refractivity contribution in [3.63, 3.8) is 0 Å². The van der Waals surface area contributed by atoms with Gasteiger partial charge < -0.3 is 39.4 Å². The minimum Gasteiger partial charge on any atom is -0.493 e. The Kier molecular flexibility index (Phi) is 10.1. The highest BCUT2D eigenvalue weighted by Gasteiger charge is 2.10. The van der Waals surface area contributed by atoms with E-state index in [1.165, 1.54) is 7.11 Å². The molecule has 0 aliphatic rings. The van der Waals surface area contributed by atoms with Gasteiger partial charge in [0.05, 0.1) is 27.4 Å². The Morgan fingerprint density at radius 2 is 1.32 bits per heavy atom. The molecule has 0 fully saturated rings. The van der Waals surface area contributed by atoms with E-state index in [1.54, 1.807) is 19.2 Å². The van der Waals surface area contributed by atoms with Crippen LogP contribution in [0.2, 0.25) is 0 Å². The van der Waals surface area contributed by atoms with Crippen LogP contribution in [0, 0.1) is 0 Å². The van der Waals surface area contributed by atoms with Crippen LogP contribution in [0.3, 0.4) is 0 Å². The molecule has 0 spiro atoms. The molecule has 170 valence electrons. The van der Waals surface area contributed by atoms with E-state index >= 15 is 0 Å². The third-order valence-electron chi connectivity index (χ3n) is 4.36. The molecule has 0 heterocycles. The smallest absolute Gasteiger partial charge is 0.161 e. The molecule has 0 aliphatic carbocycles. The lowest BCUT2D eigenvalue weighted by atomic mass is 10.1. The van der Waals surface area contributed by atoms with Gasteiger partial charge in [0.15, 0.2) is 23.0 Å². The SMILES string of the molecule is COc1cc(/C=C/Cc2ccc(OCC(O)CO)c(OC)c2)ccc1OCC(O)CO. The first-order valence-corrected chi connectivity index (χ1v) is 9.85. The van der Waals surface area contributed by atoms with Crippen LogP contribution in [0.5, 0.6) is 23.0 Å². The third-order valence-corrected chi connectivity index (χ3v) is 4.36. The van der Waals surface area contributed by atoms with E-state index in [2.05, 4.69) is 0 Å². The lowest BCUT2D eigenvalue weighted by Gasteiger charge is -2.14. The number of rotatable bonds is 13. The van der Waals surface area contributed by atoms with Crippen LogP contribution in [0.25, 0.3) is 6.08 Å². The molecule has 0 aliphatic heterocycles. The van der Waals surface area contributed by atoms with Crippen LogP contribution in [-0.2, 0) is 6.42 Å². The molecule has 2 aromatic carbocycles. The molecule has 0 aromatic heterocycles. The van der Waals surface area contributed by atoms with Crippen LogP contribution in [0.1, 0.15) is 11.1 Å². The molecule has 0 saturated heterocycles. The molecule has 31 heavy (non-hydrogen) atoms. The summed E-state index contributed by atoms with van der Waals surface area (Å²) in [6.07, 6.45) is 2.71. The lowest BCUT2D eigenvalue weighted by molar-refractivity contribution is 0.0527. The second-order valence-corrected chi connectivity index (χ2v) is 6.80. The average Bonchev–Trinajstić information content (AvgIpc) is 2.81. The summed E-state index contributed by atoms with van der Waals surface area (Å²) in [5, 5.41) is 36.6. The van der Waals surface area contributed by atoms with Crippen molar-refractivity contribution in [2.45, 2.75) is 18.6 Å². The van der Waals surface area contributed by atoms with Crippen molar-refractivity contribution in [3.05, 3.63) is 53.6 Å². The maximum absolute atomic E-state index is 9.42. The third kappa shape index (κ3) is 7.76. The van der Waals surface area contributed by atoms with Gasteiger partial charge in [-0.1, -0.05) is 24.3 Å². The van der Waals surface area contributed by atoms with E-state index in [0.717, 1.165) is 11.1 Å². The Hall–Kier alpha value is -2.78. The minimum atomic E-state index is -0.946. The Bertz CT molecular complexity index is 836. The van der Waals surface area contributed by atoms with Gasteiger partial charge in [0.1, 0.15) is 25.4 Å². The summed E-state index contributed by atoms with van der Waals surface area (Å²) in [7, 11) is 3.08. The summed E-state index contributed by atoms with van der Waals surface area (Å²) < 4.78 is 21.6. The Morgan fingerprint density at radius 3 is 1.87 bits per heavy atom. The quantitative estimate of drug-likeness (QED) is 0.374. The van der Waals surface area contributed by atoms with Gasteiger partial charge in [0.25, 0.3) is 0 Å². The van der Waals surface area contributed by atoms with E-state index in [0.29, 0.717) is 29.4 Å². The Morgan fingerprint density at radius 1 is 0.774 bits per heavy atom. The molecule has 2 aromatic rings. The summed E-state index contributed by atoms with van der Waals surface area (Å²) in [6, 6.07) is 11.0. The predicted molar refractivity (Wildman–Crippen MR) is 116 cm³/mol. The molecule has 0 bridgehead atoms. The standard InChI is InChI=1S/C23H30O8/c1-28-22-10-16(6-8-20(22)30-14-18(26)12-24)4-3-5-17-7-9-21(23(11-17)29-2)31-15-19(27)13-25/h3-4,6-11,18-19,24-27H,5,12-15H2,1-2H3/b4-3+. The van der Waals surface area contributed by atoms with Crippen molar-refractivity contribution in [2.24, 2.45) is 0 Å². The first-order valence-electron chi connectivity index (χ1n) is 9.85. The average molecular weight is 434 g/mol. The highest BCUT2D eigenvalue weighted by molar-refractivity contribution is 5.56.